The number of amides is 5. The van der Waals surface area contributed by atoms with E-state index in [-0.39, 0.29) is 36.7 Å². The molecule has 5 amide bonds. The molecule has 2 aromatic carbocycles. The molecule has 0 saturated heterocycles. The number of carbonyl (C=O) groups is 6. The van der Waals surface area contributed by atoms with Crippen LogP contribution in [0.2, 0.25) is 0 Å². The van der Waals surface area contributed by atoms with Gasteiger partial charge in [-0.1, -0.05) is 56.3 Å². The lowest BCUT2D eigenvalue weighted by atomic mass is 10.0. The van der Waals surface area contributed by atoms with Crippen LogP contribution in [0.5, 0.6) is 5.75 Å². The van der Waals surface area contributed by atoms with E-state index in [4.69, 9.17) is 5.73 Å². The minimum absolute atomic E-state index is 0.0486. The highest BCUT2D eigenvalue weighted by atomic mass is 32.1. The lowest BCUT2D eigenvalue weighted by Gasteiger charge is -2.25. The van der Waals surface area contributed by atoms with E-state index in [1.54, 1.807) is 42.5 Å². The van der Waals surface area contributed by atoms with Gasteiger partial charge >= 0.3 is 5.97 Å². The van der Waals surface area contributed by atoms with Gasteiger partial charge in [-0.25, -0.2) is 4.79 Å². The van der Waals surface area contributed by atoms with E-state index in [2.05, 4.69) is 39.2 Å². The maximum atomic E-state index is 13.5. The molecule has 256 valence electrons. The first-order chi connectivity index (χ1) is 22.2. The SMILES string of the molecule is CC(C)C[C@H](NC(=O)[C@H](Cc1ccccc1)NC(=O)CNC(=O)[C@@H](C)NC(=O)[C@@H](N)Cc1ccc(O)cc1)C(=O)N[C@@H](CS)C(=O)O. The highest BCUT2D eigenvalue weighted by Crippen LogP contribution is 2.11. The first-order valence-corrected chi connectivity index (χ1v) is 15.7. The van der Waals surface area contributed by atoms with Crippen molar-refractivity contribution in [2.75, 3.05) is 12.3 Å². The molecule has 0 heterocycles. The Balaban J connectivity index is 2.03. The molecular formula is C32H44N6O8S. The van der Waals surface area contributed by atoms with Gasteiger partial charge in [-0.15, -0.1) is 0 Å². The molecule has 0 spiro atoms. The van der Waals surface area contributed by atoms with E-state index in [1.165, 1.54) is 19.1 Å². The molecule has 0 aliphatic heterocycles. The molecule has 0 radical (unpaired) electrons. The molecule has 15 heteroatoms. The van der Waals surface area contributed by atoms with Crippen molar-refractivity contribution < 1.29 is 39.0 Å². The Bertz CT molecular complexity index is 1380. The number of benzene rings is 2. The van der Waals surface area contributed by atoms with Crippen LogP contribution in [0.15, 0.2) is 54.6 Å². The average Bonchev–Trinajstić information content (AvgIpc) is 3.02. The number of aromatic hydroxyl groups is 1. The van der Waals surface area contributed by atoms with Crippen LogP contribution >= 0.6 is 12.6 Å². The molecule has 5 atom stereocenters. The first-order valence-electron chi connectivity index (χ1n) is 15.1. The molecule has 0 aliphatic carbocycles. The van der Waals surface area contributed by atoms with Gasteiger partial charge in [-0.3, -0.25) is 24.0 Å². The standard InChI is InChI=1S/C32H44N6O8S/c1-18(2)13-24(30(43)38-26(17-47)32(45)46)37-31(44)25(15-20-7-5-4-6-8-20)36-27(40)16-34-28(41)19(3)35-29(42)23(33)14-21-9-11-22(39)12-10-21/h4-12,18-19,23-26,39,47H,13-17,33H2,1-3H3,(H,34,41)(H,35,42)(H,36,40)(H,37,44)(H,38,43)(H,45,46)/t19-,23+,24+,25+,26+/m1/s1. The van der Waals surface area contributed by atoms with Crippen molar-refractivity contribution in [1.29, 1.82) is 0 Å². The topological polar surface area (TPSA) is 229 Å². The molecule has 2 aromatic rings. The van der Waals surface area contributed by atoms with Crippen molar-refractivity contribution in [1.82, 2.24) is 26.6 Å². The van der Waals surface area contributed by atoms with Gasteiger partial charge in [0.1, 0.15) is 29.9 Å². The monoisotopic (exact) mass is 672 g/mol. The van der Waals surface area contributed by atoms with E-state index in [0.717, 1.165) is 0 Å². The van der Waals surface area contributed by atoms with Gasteiger partial charge in [0.2, 0.25) is 29.5 Å². The molecule has 0 unspecified atom stereocenters. The van der Waals surface area contributed by atoms with Gasteiger partial charge in [-0.2, -0.15) is 12.6 Å². The molecule has 14 nitrogen and oxygen atoms in total. The van der Waals surface area contributed by atoms with E-state index >= 15 is 0 Å². The smallest absolute Gasteiger partial charge is 0.327 e. The summed E-state index contributed by atoms with van der Waals surface area (Å²) >= 11 is 3.96. The fraction of sp³-hybridized carbons (Fsp3) is 0.438. The number of aliphatic carboxylic acids is 1. The number of hydrogen-bond donors (Lipinski definition) is 9. The normalized spacial score (nSPS) is 14.1. The Morgan fingerprint density at radius 2 is 1.30 bits per heavy atom. The zero-order chi connectivity index (χ0) is 35.1. The maximum absolute atomic E-state index is 13.5. The van der Waals surface area contributed by atoms with Crippen LogP contribution in [0, 0.1) is 5.92 Å². The summed E-state index contributed by atoms with van der Waals surface area (Å²) in [5.41, 5.74) is 7.39. The number of carboxylic acid groups (broad SMARTS) is 1. The van der Waals surface area contributed by atoms with Crippen molar-refractivity contribution in [3.63, 3.8) is 0 Å². The number of hydrogen-bond acceptors (Lipinski definition) is 9. The van der Waals surface area contributed by atoms with E-state index in [1.807, 2.05) is 13.8 Å². The molecule has 0 fully saturated rings. The molecule has 0 aliphatic rings. The summed E-state index contributed by atoms with van der Waals surface area (Å²) in [6, 6.07) is 9.50. The predicted molar refractivity (Wildman–Crippen MR) is 177 cm³/mol. The van der Waals surface area contributed by atoms with E-state index < -0.39 is 72.3 Å². The van der Waals surface area contributed by atoms with Gasteiger partial charge < -0.3 is 42.5 Å². The summed E-state index contributed by atoms with van der Waals surface area (Å²) in [7, 11) is 0. The van der Waals surface area contributed by atoms with E-state index in [9.17, 15) is 39.0 Å². The molecule has 0 bridgehead atoms. The van der Waals surface area contributed by atoms with Gasteiger partial charge in [0.15, 0.2) is 0 Å². The summed E-state index contributed by atoms with van der Waals surface area (Å²) < 4.78 is 0. The van der Waals surface area contributed by atoms with Crippen LogP contribution in [0.3, 0.4) is 0 Å². The van der Waals surface area contributed by atoms with Crippen LogP contribution in [-0.4, -0.2) is 88.2 Å². The van der Waals surface area contributed by atoms with Gasteiger partial charge in [0, 0.05) is 12.2 Å². The quantitative estimate of drug-likeness (QED) is 0.0941. The van der Waals surface area contributed by atoms with Crippen molar-refractivity contribution in [2.24, 2.45) is 11.7 Å². The zero-order valence-corrected chi connectivity index (χ0v) is 27.5. The fourth-order valence-corrected chi connectivity index (χ4v) is 4.67. The van der Waals surface area contributed by atoms with Crippen LogP contribution < -0.4 is 32.3 Å². The third-order valence-corrected chi connectivity index (χ3v) is 7.34. The number of rotatable bonds is 18. The van der Waals surface area contributed by atoms with Gasteiger partial charge in [0.05, 0.1) is 12.6 Å². The third kappa shape index (κ3) is 13.7. The highest BCUT2D eigenvalue weighted by molar-refractivity contribution is 7.80. The van der Waals surface area contributed by atoms with Crippen LogP contribution in [0.25, 0.3) is 0 Å². The minimum atomic E-state index is -1.27. The molecule has 0 aromatic heterocycles. The largest absolute Gasteiger partial charge is 0.508 e. The molecule has 47 heavy (non-hydrogen) atoms. The minimum Gasteiger partial charge on any atom is -0.508 e. The van der Waals surface area contributed by atoms with Crippen molar-refractivity contribution in [3.05, 3.63) is 65.7 Å². The van der Waals surface area contributed by atoms with Crippen molar-refractivity contribution >= 4 is 48.1 Å². The Hall–Kier alpha value is -4.63. The Kier molecular flexibility index (Phi) is 15.7. The maximum Gasteiger partial charge on any atom is 0.327 e. The number of nitrogens with two attached hydrogens (primary N) is 1. The van der Waals surface area contributed by atoms with Gasteiger partial charge in [0.25, 0.3) is 0 Å². The summed E-state index contributed by atoms with van der Waals surface area (Å²) in [5.74, 6) is -4.75. The summed E-state index contributed by atoms with van der Waals surface area (Å²) in [5, 5.41) is 31.2. The molecule has 2 rings (SSSR count). The highest BCUT2D eigenvalue weighted by Gasteiger charge is 2.30. The lowest BCUT2D eigenvalue weighted by molar-refractivity contribution is -0.141. The summed E-state index contributed by atoms with van der Waals surface area (Å²) in [4.78, 5) is 75.9. The number of phenols is 1. The molecule has 0 saturated carbocycles. The Morgan fingerprint density at radius 3 is 1.87 bits per heavy atom. The zero-order valence-electron chi connectivity index (χ0n) is 26.6. The first kappa shape index (κ1) is 38.6. The second-order valence-corrected chi connectivity index (χ2v) is 11.9. The number of nitrogens with one attached hydrogen (secondary N) is 5. The number of phenolic OH excluding ortho intramolecular Hbond substituents is 1. The second-order valence-electron chi connectivity index (χ2n) is 11.5. The number of carboxylic acids is 1. The van der Waals surface area contributed by atoms with Crippen molar-refractivity contribution in [2.45, 2.75) is 70.2 Å². The third-order valence-electron chi connectivity index (χ3n) is 6.98. The predicted octanol–water partition coefficient (Wildman–Crippen LogP) is -0.359. The molecular weight excluding hydrogens is 628 g/mol. The van der Waals surface area contributed by atoms with E-state index in [0.29, 0.717) is 11.1 Å². The van der Waals surface area contributed by atoms with Crippen LogP contribution in [0.4, 0.5) is 0 Å². The van der Waals surface area contributed by atoms with Crippen LogP contribution in [-0.2, 0) is 41.6 Å². The number of thiol groups is 1. The second kappa shape index (κ2) is 19.1. The lowest BCUT2D eigenvalue weighted by Crippen LogP contribution is -2.57. The number of carbonyl (C=O) groups excluding carboxylic acids is 5. The van der Waals surface area contributed by atoms with Gasteiger partial charge in [-0.05, 0) is 48.9 Å². The average molecular weight is 673 g/mol. The Labute approximate surface area is 279 Å². The summed E-state index contributed by atoms with van der Waals surface area (Å²) in [6.07, 6.45) is 0.422. The fourth-order valence-electron chi connectivity index (χ4n) is 4.42. The van der Waals surface area contributed by atoms with Crippen molar-refractivity contribution in [3.8, 4) is 5.75 Å². The summed E-state index contributed by atoms with van der Waals surface area (Å²) in [6.45, 7) is 4.57. The molecule has 9 N–H and O–H groups in total. The Morgan fingerprint density at radius 1 is 0.723 bits per heavy atom. The van der Waals surface area contributed by atoms with Crippen LogP contribution in [0.1, 0.15) is 38.3 Å².